The minimum atomic E-state index is -4.62. The van der Waals surface area contributed by atoms with E-state index >= 15 is 0 Å². The number of fused-ring (bicyclic) bond motifs is 1. The number of halogens is 3. The number of benzene rings is 1. The number of aromatic nitrogens is 3. The molecule has 1 aromatic carbocycles. The van der Waals surface area contributed by atoms with Gasteiger partial charge in [0.15, 0.2) is 24.5 Å². The van der Waals surface area contributed by atoms with E-state index in [1.165, 1.54) is 13.1 Å². The number of carbonyl (C=O) groups is 3. The van der Waals surface area contributed by atoms with Crippen molar-refractivity contribution in [1.29, 1.82) is 0 Å². The Morgan fingerprint density at radius 3 is 2.16 bits per heavy atom. The first-order valence-corrected chi connectivity index (χ1v) is 11.3. The Hall–Kier alpha value is -3.87. The second-order valence-corrected chi connectivity index (χ2v) is 8.59. The summed E-state index contributed by atoms with van der Waals surface area (Å²) in [7, 11) is 0. The van der Waals surface area contributed by atoms with Crippen molar-refractivity contribution in [3.63, 3.8) is 0 Å². The average molecular weight is 523 g/mol. The van der Waals surface area contributed by atoms with Crippen molar-refractivity contribution in [2.75, 3.05) is 0 Å². The van der Waals surface area contributed by atoms with Crippen molar-refractivity contribution in [1.82, 2.24) is 14.8 Å². The molecule has 198 valence electrons. The molecule has 0 spiro atoms. The summed E-state index contributed by atoms with van der Waals surface area (Å²) < 4.78 is 63.6. The molecular formula is C24H24F3N3O7. The van der Waals surface area contributed by atoms with E-state index in [4.69, 9.17) is 18.9 Å². The summed E-state index contributed by atoms with van der Waals surface area (Å²) in [5.41, 5.74) is -0.106. The van der Waals surface area contributed by atoms with E-state index in [2.05, 4.69) is 5.10 Å². The van der Waals surface area contributed by atoms with Crippen LogP contribution in [0.2, 0.25) is 0 Å². The van der Waals surface area contributed by atoms with Crippen LogP contribution in [0.15, 0.2) is 36.5 Å². The Kier molecular flexibility index (Phi) is 7.00. The molecule has 1 N–H and O–H groups in total. The summed E-state index contributed by atoms with van der Waals surface area (Å²) in [6, 6.07) is 7.71. The molecular weight excluding hydrogens is 499 g/mol. The van der Waals surface area contributed by atoms with Gasteiger partial charge in [0.25, 0.3) is 0 Å². The van der Waals surface area contributed by atoms with Crippen LogP contribution in [0.1, 0.15) is 39.6 Å². The fourth-order valence-electron chi connectivity index (χ4n) is 4.44. The van der Waals surface area contributed by atoms with Crippen LogP contribution < -0.4 is 0 Å². The van der Waals surface area contributed by atoms with Crippen LogP contribution in [-0.4, -0.2) is 57.1 Å². The lowest BCUT2D eigenvalue weighted by atomic mass is 9.97. The van der Waals surface area contributed by atoms with Gasteiger partial charge >= 0.3 is 24.1 Å². The van der Waals surface area contributed by atoms with Crippen molar-refractivity contribution >= 4 is 28.8 Å². The van der Waals surface area contributed by atoms with Crippen molar-refractivity contribution in [2.24, 2.45) is 0 Å². The van der Waals surface area contributed by atoms with Gasteiger partial charge in [0, 0.05) is 37.9 Å². The predicted octanol–water partition coefficient (Wildman–Crippen LogP) is 3.76. The molecule has 5 atom stereocenters. The molecule has 1 fully saturated rings. The molecule has 0 bridgehead atoms. The van der Waals surface area contributed by atoms with E-state index in [9.17, 15) is 27.6 Å². The Labute approximate surface area is 208 Å². The monoisotopic (exact) mass is 523 g/mol. The molecule has 1 aliphatic heterocycles. The number of alkyl halides is 3. The van der Waals surface area contributed by atoms with Crippen LogP contribution in [0.25, 0.3) is 22.2 Å². The lowest BCUT2D eigenvalue weighted by Crippen LogP contribution is -2.58. The van der Waals surface area contributed by atoms with E-state index in [0.717, 1.165) is 19.9 Å². The lowest BCUT2D eigenvalue weighted by Gasteiger charge is -2.44. The molecule has 0 amide bonds. The summed E-state index contributed by atoms with van der Waals surface area (Å²) in [5.74, 6) is -2.09. The van der Waals surface area contributed by atoms with Gasteiger partial charge < -0.3 is 23.5 Å². The van der Waals surface area contributed by atoms with Gasteiger partial charge in [-0.2, -0.15) is 18.3 Å². The van der Waals surface area contributed by atoms with Gasteiger partial charge in [-0.25, -0.2) is 0 Å². The number of rotatable bonds is 5. The minimum Gasteiger partial charge on any atom is -0.456 e. The van der Waals surface area contributed by atoms with E-state index in [1.807, 2.05) is 5.10 Å². The zero-order valence-corrected chi connectivity index (χ0v) is 20.2. The Bertz CT molecular complexity index is 1330. The van der Waals surface area contributed by atoms with E-state index in [1.54, 1.807) is 35.8 Å². The number of ether oxygens (including phenoxy) is 4. The number of hydrogen-bond acceptors (Lipinski definition) is 8. The third-order valence-corrected chi connectivity index (χ3v) is 5.83. The molecule has 1 saturated heterocycles. The highest BCUT2D eigenvalue weighted by Gasteiger charge is 2.51. The molecule has 0 aliphatic carbocycles. The largest absolute Gasteiger partial charge is 0.456 e. The number of esters is 3. The maximum Gasteiger partial charge on any atom is 0.432 e. The van der Waals surface area contributed by atoms with Crippen LogP contribution in [0.5, 0.6) is 0 Å². The summed E-state index contributed by atoms with van der Waals surface area (Å²) >= 11 is 0. The average Bonchev–Trinajstić information content (AvgIpc) is 3.42. The van der Waals surface area contributed by atoms with E-state index in [-0.39, 0.29) is 5.69 Å². The summed E-state index contributed by atoms with van der Waals surface area (Å²) in [5, 5.41) is 6.38. The molecule has 3 heterocycles. The molecule has 13 heteroatoms. The maximum atomic E-state index is 13.2. The standard InChI is InChI=1S/C24H24F3N3O7/c1-11-20(35-12(2)31)21(36-13(3)32)22(37-14(4)33)23(34-11)30-10-16(15-7-5-6-8-18(15)30)17-9-19(29-28-17)24(25,26)27/h5-11,20-23H,1-4H3,(H,28,29)/t11-,20-,21+,22+,23+/m0/s1. The summed E-state index contributed by atoms with van der Waals surface area (Å²) in [6.45, 7) is 5.08. The van der Waals surface area contributed by atoms with Crippen LogP contribution in [0, 0.1) is 0 Å². The van der Waals surface area contributed by atoms with E-state index < -0.39 is 60.4 Å². The van der Waals surface area contributed by atoms with Crippen molar-refractivity contribution in [3.8, 4) is 11.3 Å². The minimum absolute atomic E-state index is 0.0319. The molecule has 2 aromatic heterocycles. The SMILES string of the molecule is CC(=O)O[C@@H]1[C@@H](OC(C)=O)[C@H](C)O[C@@H](n2cc(-c3cc(C(F)(F)F)[nH]n3)c3ccccc32)[C@@H]1OC(C)=O. The second kappa shape index (κ2) is 9.88. The molecule has 10 nitrogen and oxygen atoms in total. The maximum absolute atomic E-state index is 13.2. The van der Waals surface area contributed by atoms with Gasteiger partial charge in [0.1, 0.15) is 5.69 Å². The quantitative estimate of drug-likeness (QED) is 0.396. The number of carbonyl (C=O) groups excluding carboxylic acids is 3. The first kappa shape index (κ1) is 26.2. The number of hydrogen-bond donors (Lipinski definition) is 1. The number of nitrogens with one attached hydrogen (secondary N) is 1. The number of nitrogens with zero attached hydrogens (tertiary/aromatic N) is 2. The van der Waals surface area contributed by atoms with Crippen molar-refractivity contribution in [3.05, 3.63) is 42.2 Å². The molecule has 0 radical (unpaired) electrons. The highest BCUT2D eigenvalue weighted by molar-refractivity contribution is 5.95. The van der Waals surface area contributed by atoms with Crippen LogP contribution in [0.3, 0.4) is 0 Å². The van der Waals surface area contributed by atoms with Crippen molar-refractivity contribution in [2.45, 2.75) is 64.5 Å². The third-order valence-electron chi connectivity index (χ3n) is 5.83. The zero-order valence-electron chi connectivity index (χ0n) is 20.2. The molecule has 0 unspecified atom stereocenters. The number of para-hydroxylation sites is 1. The fraction of sp³-hybridized carbons (Fsp3) is 0.417. The van der Waals surface area contributed by atoms with Crippen LogP contribution in [0.4, 0.5) is 13.2 Å². The zero-order chi connectivity index (χ0) is 27.1. The lowest BCUT2D eigenvalue weighted by molar-refractivity contribution is -0.258. The molecule has 3 aromatic rings. The van der Waals surface area contributed by atoms with E-state index in [0.29, 0.717) is 16.5 Å². The summed E-state index contributed by atoms with van der Waals surface area (Å²) in [4.78, 5) is 35.8. The smallest absolute Gasteiger partial charge is 0.432 e. The van der Waals surface area contributed by atoms with Gasteiger partial charge in [-0.15, -0.1) is 0 Å². The molecule has 1 aliphatic rings. The Balaban J connectivity index is 1.85. The highest BCUT2D eigenvalue weighted by atomic mass is 19.4. The first-order chi connectivity index (χ1) is 17.4. The van der Waals surface area contributed by atoms with Gasteiger partial charge in [0.05, 0.1) is 17.3 Å². The highest BCUT2D eigenvalue weighted by Crippen LogP contribution is 2.40. The second-order valence-electron chi connectivity index (χ2n) is 8.59. The summed E-state index contributed by atoms with van der Waals surface area (Å²) in [6.07, 6.45) is -8.61. The number of H-pyrrole nitrogens is 1. The van der Waals surface area contributed by atoms with Gasteiger partial charge in [-0.1, -0.05) is 18.2 Å². The Morgan fingerprint density at radius 2 is 1.57 bits per heavy atom. The first-order valence-electron chi connectivity index (χ1n) is 11.3. The van der Waals surface area contributed by atoms with Crippen molar-refractivity contribution < 1.29 is 46.5 Å². The third kappa shape index (κ3) is 5.31. The Morgan fingerprint density at radius 1 is 0.973 bits per heavy atom. The van der Waals surface area contributed by atoms with Crippen LogP contribution in [-0.2, 0) is 39.5 Å². The van der Waals surface area contributed by atoms with Gasteiger partial charge in [-0.3, -0.25) is 19.5 Å². The predicted molar refractivity (Wildman–Crippen MR) is 121 cm³/mol. The topological polar surface area (TPSA) is 122 Å². The van der Waals surface area contributed by atoms with Gasteiger partial charge in [0.2, 0.25) is 0 Å². The van der Waals surface area contributed by atoms with Crippen LogP contribution >= 0.6 is 0 Å². The fourth-order valence-corrected chi connectivity index (χ4v) is 4.44. The normalized spacial score (nSPS) is 24.0. The number of aromatic amines is 1. The van der Waals surface area contributed by atoms with Gasteiger partial charge in [-0.05, 0) is 19.1 Å². The molecule has 0 saturated carbocycles. The molecule has 4 rings (SSSR count). The molecule has 37 heavy (non-hydrogen) atoms.